The largest absolute Gasteiger partial charge is 0.440 e. The molecule has 1 saturated carbocycles. The zero-order valence-corrected chi connectivity index (χ0v) is 12.0. The summed E-state index contributed by atoms with van der Waals surface area (Å²) in [7, 11) is -4.44. The number of ether oxygens (including phenoxy) is 1. The van der Waals surface area contributed by atoms with Gasteiger partial charge in [0, 0.05) is 6.07 Å². The van der Waals surface area contributed by atoms with Crippen molar-refractivity contribution in [3.63, 3.8) is 0 Å². The highest BCUT2D eigenvalue weighted by Gasteiger charge is 2.55. The van der Waals surface area contributed by atoms with Crippen molar-refractivity contribution in [1.82, 2.24) is 4.31 Å². The molecule has 1 N–H and O–H groups in total. The molecule has 3 unspecified atom stereocenters. The van der Waals surface area contributed by atoms with Crippen LogP contribution in [0.2, 0.25) is 0 Å². The van der Waals surface area contributed by atoms with Gasteiger partial charge in [-0.05, 0) is 18.9 Å². The number of nitro benzene ring substituents is 1. The molecule has 1 aromatic carbocycles. The molecular weight excluding hydrogens is 316 g/mol. The summed E-state index contributed by atoms with van der Waals surface area (Å²) in [6.45, 7) is 0. The third kappa shape index (κ3) is 2.03. The summed E-state index contributed by atoms with van der Waals surface area (Å²) in [6, 6.07) is 3.95. The predicted molar refractivity (Wildman–Crippen MR) is 71.4 cm³/mol. The second kappa shape index (κ2) is 4.92. The molecule has 2 aliphatic rings. The van der Waals surface area contributed by atoms with Crippen molar-refractivity contribution in [3.8, 4) is 0 Å². The summed E-state index contributed by atoms with van der Waals surface area (Å²) in [5, 5.41) is 20.7. The van der Waals surface area contributed by atoms with Crippen LogP contribution < -0.4 is 0 Å². The second-order valence-electron chi connectivity index (χ2n) is 5.09. The minimum absolute atomic E-state index is 0.247. The number of benzene rings is 1. The van der Waals surface area contributed by atoms with E-state index < -0.39 is 49.9 Å². The van der Waals surface area contributed by atoms with Gasteiger partial charge in [-0.2, -0.15) is 4.31 Å². The standard InChI is InChI=1S/C12H12N2O7S/c15-9-6-5-8-11(9)21-12(16)13(8)22(19,20)10-4-2-1-3-7(10)14(17)18/h1-4,8-9,11,15H,5-6H2. The van der Waals surface area contributed by atoms with E-state index in [2.05, 4.69) is 0 Å². The van der Waals surface area contributed by atoms with E-state index in [-0.39, 0.29) is 6.42 Å². The van der Waals surface area contributed by atoms with Gasteiger partial charge in [-0.1, -0.05) is 12.1 Å². The van der Waals surface area contributed by atoms with Gasteiger partial charge in [0.05, 0.1) is 17.1 Å². The smallest absolute Gasteiger partial charge is 0.424 e. The third-order valence-corrected chi connectivity index (χ3v) is 5.67. The molecule has 3 rings (SSSR count). The van der Waals surface area contributed by atoms with Crippen LogP contribution in [0.3, 0.4) is 0 Å². The number of nitrogens with zero attached hydrogens (tertiary/aromatic N) is 2. The molecule has 0 spiro atoms. The normalized spacial score (nSPS) is 27.6. The van der Waals surface area contributed by atoms with Crippen molar-refractivity contribution in [2.45, 2.75) is 36.0 Å². The summed E-state index contributed by atoms with van der Waals surface area (Å²) in [4.78, 5) is 21.5. The molecule has 0 radical (unpaired) electrons. The maximum Gasteiger partial charge on any atom is 0.424 e. The highest BCUT2D eigenvalue weighted by Crippen LogP contribution is 2.38. The van der Waals surface area contributed by atoms with E-state index in [0.29, 0.717) is 10.7 Å². The Balaban J connectivity index is 2.08. The van der Waals surface area contributed by atoms with Crippen LogP contribution in [0, 0.1) is 10.1 Å². The fourth-order valence-corrected chi connectivity index (χ4v) is 4.54. The van der Waals surface area contributed by atoms with E-state index in [1.165, 1.54) is 12.1 Å². The Labute approximate surface area is 125 Å². The zero-order chi connectivity index (χ0) is 16.1. The maximum atomic E-state index is 12.7. The number of rotatable bonds is 3. The van der Waals surface area contributed by atoms with Gasteiger partial charge in [-0.3, -0.25) is 10.1 Å². The number of aliphatic hydroxyl groups is 1. The monoisotopic (exact) mass is 328 g/mol. The zero-order valence-electron chi connectivity index (χ0n) is 11.2. The van der Waals surface area contributed by atoms with E-state index >= 15 is 0 Å². The number of sulfonamides is 1. The lowest BCUT2D eigenvalue weighted by Crippen LogP contribution is -2.40. The average Bonchev–Trinajstić information content (AvgIpc) is 2.98. The second-order valence-corrected chi connectivity index (χ2v) is 6.87. The number of carbonyl (C=O) groups is 1. The highest BCUT2D eigenvalue weighted by atomic mass is 32.2. The van der Waals surface area contributed by atoms with Crippen LogP contribution in [0.15, 0.2) is 29.2 Å². The Kier molecular flexibility index (Phi) is 3.29. The number of nitro groups is 1. The molecule has 1 aromatic rings. The van der Waals surface area contributed by atoms with Crippen LogP contribution in [0.1, 0.15) is 12.8 Å². The fourth-order valence-electron chi connectivity index (χ4n) is 2.85. The highest BCUT2D eigenvalue weighted by molar-refractivity contribution is 7.89. The number of aliphatic hydroxyl groups excluding tert-OH is 1. The quantitative estimate of drug-likeness (QED) is 0.636. The maximum absolute atomic E-state index is 12.7. The Morgan fingerprint density at radius 3 is 2.68 bits per heavy atom. The predicted octanol–water partition coefficient (Wildman–Crippen LogP) is 0.628. The SMILES string of the molecule is O=C1OC2C(O)CCC2N1S(=O)(=O)c1ccccc1[N+](=O)[O-]. The van der Waals surface area contributed by atoms with Gasteiger partial charge in [0.1, 0.15) is 0 Å². The lowest BCUT2D eigenvalue weighted by atomic mass is 10.2. The molecule has 3 atom stereocenters. The molecule has 0 aromatic heterocycles. The van der Waals surface area contributed by atoms with Crippen LogP contribution in [0.4, 0.5) is 10.5 Å². The van der Waals surface area contributed by atoms with Crippen molar-refractivity contribution in [2.75, 3.05) is 0 Å². The first-order valence-electron chi connectivity index (χ1n) is 6.50. The van der Waals surface area contributed by atoms with Crippen molar-refractivity contribution >= 4 is 21.8 Å². The summed E-state index contributed by atoms with van der Waals surface area (Å²) in [5.74, 6) is 0. The fraction of sp³-hybridized carbons (Fsp3) is 0.417. The van der Waals surface area contributed by atoms with Gasteiger partial charge in [0.25, 0.3) is 15.7 Å². The number of para-hydroxylation sites is 1. The Bertz CT molecular complexity index is 748. The van der Waals surface area contributed by atoms with Crippen LogP contribution in [-0.4, -0.2) is 47.1 Å². The molecule has 1 aliphatic heterocycles. The summed E-state index contributed by atoms with van der Waals surface area (Å²) >= 11 is 0. The first-order valence-corrected chi connectivity index (χ1v) is 7.94. The summed E-state index contributed by atoms with van der Waals surface area (Å²) in [5.41, 5.74) is -0.614. The molecule has 1 heterocycles. The van der Waals surface area contributed by atoms with E-state index in [9.17, 15) is 28.4 Å². The molecule has 1 amide bonds. The lowest BCUT2D eigenvalue weighted by Gasteiger charge is -2.19. The molecule has 1 saturated heterocycles. The van der Waals surface area contributed by atoms with Gasteiger partial charge in [0.2, 0.25) is 0 Å². The van der Waals surface area contributed by atoms with Gasteiger partial charge in [0.15, 0.2) is 11.0 Å². The van der Waals surface area contributed by atoms with E-state index in [1.54, 1.807) is 0 Å². The van der Waals surface area contributed by atoms with Gasteiger partial charge in [-0.15, -0.1) is 0 Å². The first kappa shape index (κ1) is 14.7. The Morgan fingerprint density at radius 2 is 2.00 bits per heavy atom. The number of fused-ring (bicyclic) bond motifs is 1. The molecule has 2 fully saturated rings. The molecule has 9 nitrogen and oxygen atoms in total. The number of amides is 1. The van der Waals surface area contributed by atoms with E-state index in [1.807, 2.05) is 0 Å². The van der Waals surface area contributed by atoms with Gasteiger partial charge < -0.3 is 9.84 Å². The molecule has 10 heteroatoms. The summed E-state index contributed by atoms with van der Waals surface area (Å²) < 4.78 is 30.7. The number of carbonyl (C=O) groups excluding carboxylic acids is 1. The number of hydrogen-bond donors (Lipinski definition) is 1. The molecular formula is C12H12N2O7S. The van der Waals surface area contributed by atoms with Crippen molar-refractivity contribution < 1.29 is 28.0 Å². The van der Waals surface area contributed by atoms with Crippen LogP contribution >= 0.6 is 0 Å². The third-order valence-electron chi connectivity index (χ3n) is 3.83. The molecule has 1 aliphatic carbocycles. The minimum atomic E-state index is -4.44. The summed E-state index contributed by atoms with van der Waals surface area (Å²) in [6.07, 6.45) is -2.43. The van der Waals surface area contributed by atoms with E-state index in [0.717, 1.165) is 12.1 Å². The van der Waals surface area contributed by atoms with Crippen molar-refractivity contribution in [3.05, 3.63) is 34.4 Å². The van der Waals surface area contributed by atoms with Gasteiger partial charge in [-0.25, -0.2) is 13.2 Å². The Hall–Kier alpha value is -2.20. The first-order chi connectivity index (χ1) is 10.3. The molecule has 0 bridgehead atoms. The van der Waals surface area contributed by atoms with E-state index in [4.69, 9.17) is 4.74 Å². The lowest BCUT2D eigenvalue weighted by molar-refractivity contribution is -0.387. The topological polar surface area (TPSA) is 127 Å². The average molecular weight is 328 g/mol. The number of hydrogen-bond acceptors (Lipinski definition) is 7. The minimum Gasteiger partial charge on any atom is -0.440 e. The molecule has 22 heavy (non-hydrogen) atoms. The Morgan fingerprint density at radius 1 is 1.32 bits per heavy atom. The van der Waals surface area contributed by atoms with Gasteiger partial charge >= 0.3 is 6.09 Å². The van der Waals surface area contributed by atoms with Crippen molar-refractivity contribution in [2.24, 2.45) is 0 Å². The molecule has 118 valence electrons. The van der Waals surface area contributed by atoms with Crippen molar-refractivity contribution in [1.29, 1.82) is 0 Å². The van der Waals surface area contributed by atoms with Crippen LogP contribution in [0.25, 0.3) is 0 Å². The van der Waals surface area contributed by atoms with Crippen LogP contribution in [0.5, 0.6) is 0 Å². The van der Waals surface area contributed by atoms with Crippen LogP contribution in [-0.2, 0) is 14.8 Å².